The van der Waals surface area contributed by atoms with Crippen LogP contribution in [-0.4, -0.2) is 75.9 Å². The normalized spacial score (nSPS) is 14.0. The number of hydrogen-bond acceptors (Lipinski definition) is 6. The van der Waals surface area contributed by atoms with E-state index in [1.54, 1.807) is 12.1 Å². The second kappa shape index (κ2) is 13.6. The van der Waals surface area contributed by atoms with E-state index in [-0.39, 0.29) is 11.8 Å². The number of aliphatic carboxylic acids is 1. The molecule has 1 atom stereocenters. The first-order valence-electron chi connectivity index (χ1n) is 12.3. The van der Waals surface area contributed by atoms with Gasteiger partial charge in [-0.3, -0.25) is 19.2 Å². The van der Waals surface area contributed by atoms with Gasteiger partial charge in [0.25, 0.3) is 11.8 Å². The van der Waals surface area contributed by atoms with Gasteiger partial charge in [0.15, 0.2) is 5.78 Å². The number of H-pyrrole nitrogens is 1. The number of amides is 2. The van der Waals surface area contributed by atoms with Gasteiger partial charge in [-0.2, -0.15) is 0 Å². The first-order chi connectivity index (χ1) is 17.9. The smallest absolute Gasteiger partial charge is 0.306 e. The molecule has 0 fully saturated rings. The number of aromatic nitrogens is 1. The molecule has 0 aliphatic carbocycles. The van der Waals surface area contributed by atoms with Crippen molar-refractivity contribution in [2.45, 2.75) is 47.1 Å². The van der Waals surface area contributed by atoms with Crippen LogP contribution >= 0.6 is 0 Å². The van der Waals surface area contributed by atoms with E-state index >= 15 is 0 Å². The van der Waals surface area contributed by atoms with Crippen molar-refractivity contribution >= 4 is 40.9 Å². The van der Waals surface area contributed by atoms with Crippen LogP contribution in [0.1, 0.15) is 60.1 Å². The molecule has 206 valence electrons. The quantitative estimate of drug-likeness (QED) is 0.296. The van der Waals surface area contributed by atoms with E-state index in [0.717, 1.165) is 37.8 Å². The molecule has 10 nitrogen and oxygen atoms in total. The summed E-state index contributed by atoms with van der Waals surface area (Å²) in [5, 5.41) is 22.3. The van der Waals surface area contributed by atoms with Crippen LogP contribution in [0, 0.1) is 19.7 Å². The van der Waals surface area contributed by atoms with Gasteiger partial charge in [-0.25, -0.2) is 4.39 Å². The second-order valence-corrected chi connectivity index (χ2v) is 8.87. The number of Topliss-reactive ketones (excluding diaryl/α,β-unsaturated/α-hetero) is 1. The summed E-state index contributed by atoms with van der Waals surface area (Å²) < 4.78 is 13.7. The lowest BCUT2D eigenvalue weighted by Crippen LogP contribution is -2.35. The van der Waals surface area contributed by atoms with Crippen molar-refractivity contribution < 1.29 is 33.8 Å². The van der Waals surface area contributed by atoms with Gasteiger partial charge in [0.1, 0.15) is 11.9 Å². The molecule has 1 aromatic carbocycles. The number of hydrogen-bond donors (Lipinski definition) is 5. The molecular weight excluding hydrogens is 495 g/mol. The third kappa shape index (κ3) is 7.83. The van der Waals surface area contributed by atoms with E-state index in [2.05, 4.69) is 34.4 Å². The topological polar surface area (TPSA) is 152 Å². The van der Waals surface area contributed by atoms with Gasteiger partial charge in [0.2, 0.25) is 0 Å². The van der Waals surface area contributed by atoms with Crippen molar-refractivity contribution in [3.05, 3.63) is 52.1 Å². The number of benzene rings is 1. The van der Waals surface area contributed by atoms with Crippen LogP contribution in [0.15, 0.2) is 18.2 Å². The number of aliphatic hydroxyl groups is 1. The van der Waals surface area contributed by atoms with Crippen molar-refractivity contribution in [3.63, 3.8) is 0 Å². The molecule has 2 aromatic rings. The fourth-order valence-corrected chi connectivity index (χ4v) is 3.97. The molecule has 0 saturated heterocycles. The maximum absolute atomic E-state index is 13.7. The molecule has 11 heteroatoms. The molecule has 0 spiro atoms. The molecule has 0 saturated carbocycles. The largest absolute Gasteiger partial charge is 0.481 e. The lowest BCUT2D eigenvalue weighted by molar-refractivity contribution is -0.142. The molecule has 3 rings (SSSR count). The molecule has 1 aliphatic rings. The van der Waals surface area contributed by atoms with E-state index in [1.807, 2.05) is 13.8 Å². The number of aryl methyl sites for hydroxylation is 1. The Morgan fingerprint density at radius 2 is 1.84 bits per heavy atom. The lowest BCUT2D eigenvalue weighted by Gasteiger charge is -2.18. The summed E-state index contributed by atoms with van der Waals surface area (Å²) in [4.78, 5) is 50.4. The zero-order valence-electron chi connectivity index (χ0n) is 22.3. The standard InChI is InChI=1S/C22H27FN4O2.C5H8O4/c1-5-27(6-2)10-9-24-22(29)20-13(3)19(25-14(20)4)12-17-16-11-15(23)7-8-18(16)26-21(17)28;1-3(6)4(7)2-5(8)9/h7-8,11-12,25H,5-6,9-10H2,1-4H3,(H,24,29)(H,26,28);4,7H,2H2,1H3,(H,8,9)/b17-12-;/t;4-/m.0/s1. The highest BCUT2D eigenvalue weighted by atomic mass is 19.1. The Hall–Kier alpha value is -3.83. The van der Waals surface area contributed by atoms with Crippen molar-refractivity contribution in [2.75, 3.05) is 31.5 Å². The van der Waals surface area contributed by atoms with Crippen LogP contribution in [0.4, 0.5) is 10.1 Å². The number of rotatable bonds is 10. The Bertz CT molecular complexity index is 1230. The highest BCUT2D eigenvalue weighted by molar-refractivity contribution is 6.34. The number of carbonyl (C=O) groups excluding carboxylic acids is 3. The van der Waals surface area contributed by atoms with E-state index in [0.29, 0.717) is 34.6 Å². The van der Waals surface area contributed by atoms with Gasteiger partial charge < -0.3 is 30.7 Å². The number of likely N-dealkylation sites (N-methyl/N-ethyl adjacent to an activating group) is 1. The number of carboxylic acid groups (broad SMARTS) is 1. The summed E-state index contributed by atoms with van der Waals surface area (Å²) in [6.45, 7) is 12.2. The van der Waals surface area contributed by atoms with Crippen LogP contribution < -0.4 is 10.6 Å². The van der Waals surface area contributed by atoms with Gasteiger partial charge in [-0.15, -0.1) is 0 Å². The number of fused-ring (bicyclic) bond motifs is 1. The Balaban J connectivity index is 0.000000484. The first kappa shape index (κ1) is 30.4. The monoisotopic (exact) mass is 530 g/mol. The number of nitrogens with zero attached hydrogens (tertiary/aromatic N) is 1. The number of carbonyl (C=O) groups is 4. The fraction of sp³-hybridized carbons (Fsp3) is 0.407. The molecule has 2 heterocycles. The number of ketones is 1. The van der Waals surface area contributed by atoms with Crippen molar-refractivity contribution in [3.8, 4) is 0 Å². The Labute approximate surface area is 220 Å². The average molecular weight is 531 g/mol. The van der Waals surface area contributed by atoms with Gasteiger partial charge in [0.05, 0.1) is 17.6 Å². The van der Waals surface area contributed by atoms with E-state index in [4.69, 9.17) is 10.2 Å². The van der Waals surface area contributed by atoms with E-state index in [1.165, 1.54) is 12.1 Å². The number of anilines is 1. The van der Waals surface area contributed by atoms with Crippen molar-refractivity contribution in [1.29, 1.82) is 0 Å². The number of nitrogens with one attached hydrogen (secondary N) is 3. The molecule has 0 radical (unpaired) electrons. The Morgan fingerprint density at radius 3 is 2.39 bits per heavy atom. The van der Waals surface area contributed by atoms with Gasteiger partial charge in [0, 0.05) is 35.7 Å². The zero-order valence-corrected chi connectivity index (χ0v) is 22.3. The minimum absolute atomic E-state index is 0.143. The summed E-state index contributed by atoms with van der Waals surface area (Å²) in [6, 6.07) is 4.20. The van der Waals surface area contributed by atoms with Crippen LogP contribution in [-0.2, 0) is 14.4 Å². The van der Waals surface area contributed by atoms with Crippen LogP contribution in [0.25, 0.3) is 11.6 Å². The number of halogens is 1. The molecule has 0 unspecified atom stereocenters. The highest BCUT2D eigenvalue weighted by Crippen LogP contribution is 2.34. The first-order valence-corrected chi connectivity index (χ1v) is 12.3. The minimum Gasteiger partial charge on any atom is -0.481 e. The van der Waals surface area contributed by atoms with E-state index in [9.17, 15) is 23.6 Å². The van der Waals surface area contributed by atoms with E-state index < -0.39 is 30.1 Å². The summed E-state index contributed by atoms with van der Waals surface area (Å²) in [6.07, 6.45) is -0.173. The molecule has 1 aromatic heterocycles. The zero-order chi connectivity index (χ0) is 28.6. The molecule has 0 bridgehead atoms. The average Bonchev–Trinajstić information content (AvgIpc) is 3.31. The maximum atomic E-state index is 13.7. The van der Waals surface area contributed by atoms with Crippen molar-refractivity contribution in [1.82, 2.24) is 15.2 Å². The van der Waals surface area contributed by atoms with Crippen LogP contribution in [0.5, 0.6) is 0 Å². The minimum atomic E-state index is -1.34. The predicted octanol–water partition coefficient (Wildman–Crippen LogP) is 2.75. The third-order valence-electron chi connectivity index (χ3n) is 6.20. The molecule has 2 amide bonds. The highest BCUT2D eigenvalue weighted by Gasteiger charge is 2.26. The number of aromatic amines is 1. The summed E-state index contributed by atoms with van der Waals surface area (Å²) in [5.41, 5.74) is 4.20. The maximum Gasteiger partial charge on any atom is 0.306 e. The lowest BCUT2D eigenvalue weighted by atomic mass is 10.0. The Kier molecular flexibility index (Phi) is 10.9. The molecule has 38 heavy (non-hydrogen) atoms. The number of carboxylic acids is 1. The van der Waals surface area contributed by atoms with Crippen LogP contribution in [0.2, 0.25) is 0 Å². The number of aliphatic hydroxyl groups excluding tert-OH is 1. The third-order valence-corrected chi connectivity index (χ3v) is 6.20. The van der Waals surface area contributed by atoms with Crippen LogP contribution in [0.3, 0.4) is 0 Å². The fourth-order valence-electron chi connectivity index (χ4n) is 3.97. The molecular formula is C27H35FN4O6. The van der Waals surface area contributed by atoms with Crippen molar-refractivity contribution in [2.24, 2.45) is 0 Å². The van der Waals surface area contributed by atoms with Gasteiger partial charge in [-0.1, -0.05) is 13.8 Å². The second-order valence-electron chi connectivity index (χ2n) is 8.87. The summed E-state index contributed by atoms with van der Waals surface area (Å²) >= 11 is 0. The summed E-state index contributed by atoms with van der Waals surface area (Å²) in [5.74, 6) is -2.52. The molecule has 1 aliphatic heterocycles. The van der Waals surface area contributed by atoms with Gasteiger partial charge in [-0.05, 0) is 63.7 Å². The summed E-state index contributed by atoms with van der Waals surface area (Å²) in [7, 11) is 0. The predicted molar refractivity (Wildman–Crippen MR) is 142 cm³/mol. The molecule has 5 N–H and O–H groups in total. The Morgan fingerprint density at radius 1 is 1.18 bits per heavy atom. The van der Waals surface area contributed by atoms with Gasteiger partial charge >= 0.3 is 5.97 Å². The SMILES string of the molecule is CC(=O)[C@@H](O)CC(=O)O.CCN(CC)CCNC(=O)c1c(C)[nH]c(/C=C2\C(=O)Nc3ccc(F)cc32)c1C.